The van der Waals surface area contributed by atoms with Gasteiger partial charge in [-0.25, -0.2) is 9.07 Å². The monoisotopic (exact) mass is 1060 g/mol. The van der Waals surface area contributed by atoms with E-state index in [1.54, 1.807) is 65.0 Å². The molecular formula is C56H89FN6O12. The Hall–Kier alpha value is -3.57. The van der Waals surface area contributed by atoms with Crippen LogP contribution in [0.1, 0.15) is 125 Å². The van der Waals surface area contributed by atoms with Crippen LogP contribution < -0.4 is 0 Å². The quantitative estimate of drug-likeness (QED) is 0.120. The molecule has 0 amide bonds. The first-order valence-corrected chi connectivity index (χ1v) is 27.0. The van der Waals surface area contributed by atoms with Gasteiger partial charge in [0.2, 0.25) is 0 Å². The van der Waals surface area contributed by atoms with Crippen molar-refractivity contribution in [3.05, 3.63) is 66.2 Å². The molecule has 4 N–H and O–H groups in total. The van der Waals surface area contributed by atoms with Crippen molar-refractivity contribution < 1.29 is 62.8 Å². The lowest BCUT2D eigenvalue weighted by atomic mass is 9.77. The number of alkyl halides is 1. The number of benzene rings is 1. The number of esters is 1. The fourth-order valence-electron chi connectivity index (χ4n) is 11.9. The predicted molar refractivity (Wildman–Crippen MR) is 280 cm³/mol. The minimum absolute atomic E-state index is 0.0158. The van der Waals surface area contributed by atoms with Gasteiger partial charge in [0.25, 0.3) is 0 Å². The van der Waals surface area contributed by atoms with E-state index >= 15 is 0 Å². The van der Waals surface area contributed by atoms with Gasteiger partial charge < -0.3 is 63.4 Å². The van der Waals surface area contributed by atoms with Crippen molar-refractivity contribution in [1.82, 2.24) is 29.8 Å². The van der Waals surface area contributed by atoms with Crippen molar-refractivity contribution in [2.24, 2.45) is 17.8 Å². The summed E-state index contributed by atoms with van der Waals surface area (Å²) >= 11 is 0. The van der Waals surface area contributed by atoms with Crippen molar-refractivity contribution in [3.63, 3.8) is 0 Å². The Morgan fingerprint density at radius 2 is 1.64 bits per heavy atom. The summed E-state index contributed by atoms with van der Waals surface area (Å²) in [7, 11) is 6.98. The van der Waals surface area contributed by atoms with E-state index in [0.29, 0.717) is 38.0 Å². The lowest BCUT2D eigenvalue weighted by Crippen LogP contribution is -2.59. The van der Waals surface area contributed by atoms with Crippen LogP contribution in [0.5, 0.6) is 0 Å². The molecule has 19 atom stereocenters. The molecule has 19 heteroatoms. The third kappa shape index (κ3) is 14.4. The third-order valence-electron chi connectivity index (χ3n) is 16.6. The average Bonchev–Trinajstić information content (AvgIpc) is 3.86. The van der Waals surface area contributed by atoms with E-state index in [2.05, 4.69) is 20.2 Å². The molecule has 75 heavy (non-hydrogen) atoms. The van der Waals surface area contributed by atoms with Crippen LogP contribution in [-0.4, -0.2) is 188 Å². The van der Waals surface area contributed by atoms with E-state index in [1.165, 1.54) is 14.0 Å². The Morgan fingerprint density at radius 1 is 0.933 bits per heavy atom. The number of likely N-dealkylation sites (N-methyl/N-ethyl adjacent to an activating group) is 2. The van der Waals surface area contributed by atoms with E-state index < -0.39 is 109 Å². The summed E-state index contributed by atoms with van der Waals surface area (Å²) in [6, 6.07) is 10.4. The smallest absolute Gasteiger partial charge is 0.311 e. The molecule has 0 aliphatic carbocycles. The molecule has 3 aliphatic rings. The summed E-state index contributed by atoms with van der Waals surface area (Å²) in [6.45, 7) is 18.2. The number of aromatic nitrogens is 4. The third-order valence-corrected chi connectivity index (χ3v) is 16.6. The maximum absolute atomic E-state index is 14.9. The molecule has 2 aromatic heterocycles. The molecule has 422 valence electrons. The summed E-state index contributed by atoms with van der Waals surface area (Å²) in [5.74, 6) is -2.57. The van der Waals surface area contributed by atoms with Crippen LogP contribution in [0.15, 0.2) is 55.0 Å². The lowest BCUT2D eigenvalue weighted by molar-refractivity contribution is -0.308. The van der Waals surface area contributed by atoms with Gasteiger partial charge in [-0.2, -0.15) is 0 Å². The highest BCUT2D eigenvalue weighted by atomic mass is 19.1. The molecule has 3 saturated heterocycles. The molecule has 6 rings (SSSR count). The first kappa shape index (κ1) is 60.7. The predicted octanol–water partition coefficient (Wildman–Crippen LogP) is 6.09. The Morgan fingerprint density at radius 3 is 2.27 bits per heavy atom. The van der Waals surface area contributed by atoms with Gasteiger partial charge in [-0.1, -0.05) is 56.3 Å². The van der Waals surface area contributed by atoms with Gasteiger partial charge in [0.05, 0.1) is 47.2 Å². The molecule has 3 aliphatic heterocycles. The van der Waals surface area contributed by atoms with Crippen molar-refractivity contribution >= 4 is 5.97 Å². The normalized spacial score (nSPS) is 37.8. The van der Waals surface area contributed by atoms with E-state index in [1.807, 2.05) is 83.1 Å². The zero-order valence-electron chi connectivity index (χ0n) is 46.9. The molecule has 0 saturated carbocycles. The number of halogens is 1. The number of aliphatic hydroxyl groups is 4. The number of rotatable bonds is 16. The molecule has 5 heterocycles. The molecule has 0 unspecified atom stereocenters. The highest BCUT2D eigenvalue weighted by molar-refractivity contribution is 5.73. The number of nitrogens with zero attached hydrogens (tertiary/aromatic N) is 6. The Labute approximate surface area is 444 Å². The maximum atomic E-state index is 14.9. The van der Waals surface area contributed by atoms with Crippen LogP contribution >= 0.6 is 0 Å². The summed E-state index contributed by atoms with van der Waals surface area (Å²) < 4.78 is 61.0. The molecule has 18 nitrogen and oxygen atoms in total. The number of hydrogen-bond donors (Lipinski definition) is 4. The van der Waals surface area contributed by atoms with E-state index in [0.717, 1.165) is 16.7 Å². The number of methoxy groups -OCH3 is 2. The second-order valence-corrected chi connectivity index (χ2v) is 22.8. The fourth-order valence-corrected chi connectivity index (χ4v) is 11.9. The van der Waals surface area contributed by atoms with Gasteiger partial charge in [0.15, 0.2) is 12.6 Å². The van der Waals surface area contributed by atoms with Crippen molar-refractivity contribution in [3.8, 4) is 11.1 Å². The van der Waals surface area contributed by atoms with Crippen LogP contribution in [-0.2, 0) is 44.4 Å². The topological polar surface area (TPSA) is 213 Å². The van der Waals surface area contributed by atoms with Crippen molar-refractivity contribution in [2.75, 3.05) is 48.1 Å². The first-order chi connectivity index (χ1) is 35.4. The summed E-state index contributed by atoms with van der Waals surface area (Å²) in [4.78, 5) is 22.9. The molecule has 3 fully saturated rings. The van der Waals surface area contributed by atoms with Gasteiger partial charge in [-0.15, -0.1) is 5.10 Å². The number of carbonyl (C=O) groups is 1. The molecule has 1 aromatic carbocycles. The Balaban J connectivity index is 1.23. The van der Waals surface area contributed by atoms with Crippen molar-refractivity contribution in [1.29, 1.82) is 0 Å². The number of carbonyl (C=O) groups excluding carboxylic acids is 1. The number of aliphatic hydroxyl groups excluding tert-OH is 2. The number of pyridine rings is 1. The minimum Gasteiger partial charge on any atom is -0.459 e. The molecular weight excluding hydrogens is 968 g/mol. The minimum atomic E-state index is -1.82. The van der Waals surface area contributed by atoms with Gasteiger partial charge in [0.1, 0.15) is 42.7 Å². The van der Waals surface area contributed by atoms with Crippen LogP contribution in [0.4, 0.5) is 4.39 Å². The lowest BCUT2D eigenvalue weighted by Gasteiger charge is -2.48. The second-order valence-electron chi connectivity index (χ2n) is 22.8. The second kappa shape index (κ2) is 25.9. The van der Waals surface area contributed by atoms with Gasteiger partial charge in [-0.3, -0.25) is 9.78 Å². The summed E-state index contributed by atoms with van der Waals surface area (Å²) in [5.41, 5.74) is -0.928. The van der Waals surface area contributed by atoms with Crippen LogP contribution in [0.2, 0.25) is 0 Å². The number of cyclic esters (lactones) is 1. The van der Waals surface area contributed by atoms with E-state index in [-0.39, 0.29) is 37.3 Å². The zero-order valence-corrected chi connectivity index (χ0v) is 46.9. The number of hydrogen-bond acceptors (Lipinski definition) is 17. The fraction of sp³-hybridized carbons (Fsp3) is 0.750. The summed E-state index contributed by atoms with van der Waals surface area (Å²) in [6.07, 6.45) is -1.04. The Bertz CT molecular complexity index is 2230. The molecule has 0 radical (unpaired) electrons. The standard InChI is InChI=1S/C56H89FN6O12/c1-15-45-56(10,68)50(64)37(6)62(12)31-33(2)27-54(8,67)52(35(4)48(36(5)53(66)73-45)74-47-28-55(9,70-14)51(65)38(7)72-47)75-46-26-43(25-34(3)71-46)61(11)24-22-42-32-63(60-59-42)44(29-57)49(69-13)40-20-18-39(19-21-40)41-17-16-23-58-30-41/h16-21,23,30,32-38,43-52,64-65,67-68H,15,22,24-29,31H2,1-14H3/t33-,34-,35+,36-,37-,38+,43+,44-,45-,46+,47+,48+,49-,50-,51+,52-,54-,55-,56-/m1/s1. The van der Waals surface area contributed by atoms with Crippen molar-refractivity contribution in [2.45, 2.75) is 204 Å². The highest BCUT2D eigenvalue weighted by Gasteiger charge is 2.52. The van der Waals surface area contributed by atoms with Gasteiger partial charge in [0, 0.05) is 83.2 Å². The molecule has 3 aromatic rings. The average molecular weight is 1060 g/mol. The molecule has 0 spiro atoms. The highest BCUT2D eigenvalue weighted by Crippen LogP contribution is 2.41. The van der Waals surface area contributed by atoms with E-state index in [9.17, 15) is 29.6 Å². The summed E-state index contributed by atoms with van der Waals surface area (Å²) in [5, 5.41) is 56.4. The molecule has 0 bridgehead atoms. The first-order valence-electron chi connectivity index (χ1n) is 27.0. The largest absolute Gasteiger partial charge is 0.459 e. The zero-order chi connectivity index (χ0) is 55.2. The SMILES string of the molecule is CC[C@H]1OC(=O)[C@H](C)[C@@H](O[C@H]2C[C@@](C)(OC)[C@@H](O)[C@H](C)O2)[C@H](C)[C@@H](O[C@H]2C[C@@H](N(C)CCc3cn([C@H](CF)[C@H](OC)c4ccc(-c5cccnc5)cc4)nn3)C[C@@H](C)O2)[C@](C)(O)C[C@@H](C)CN(C)[C@H](C)[C@@H](O)[C@]1(C)O. The van der Waals surface area contributed by atoms with Gasteiger partial charge >= 0.3 is 5.97 Å². The maximum Gasteiger partial charge on any atom is 0.311 e. The van der Waals surface area contributed by atoms with Gasteiger partial charge in [-0.05, 0) is 110 Å². The van der Waals surface area contributed by atoms with E-state index in [4.69, 9.17) is 33.2 Å². The van der Waals surface area contributed by atoms with Crippen LogP contribution in [0.3, 0.4) is 0 Å². The van der Waals surface area contributed by atoms with Crippen LogP contribution in [0.25, 0.3) is 11.1 Å². The van der Waals surface area contributed by atoms with Crippen LogP contribution in [0, 0.1) is 17.8 Å². The Kier molecular flexibility index (Phi) is 21.0. The number of ether oxygens (including phenoxy) is 7.